The van der Waals surface area contributed by atoms with E-state index in [0.717, 1.165) is 11.6 Å². The molecule has 1 heterocycles. The second-order valence-corrected chi connectivity index (χ2v) is 5.36. The predicted octanol–water partition coefficient (Wildman–Crippen LogP) is 1.89. The highest BCUT2D eigenvalue weighted by atomic mass is 16.3. The molecule has 1 aromatic carbocycles. The van der Waals surface area contributed by atoms with Crippen molar-refractivity contribution in [2.75, 3.05) is 0 Å². The Morgan fingerprint density at radius 2 is 1.78 bits per heavy atom. The van der Waals surface area contributed by atoms with Crippen LogP contribution in [0.3, 0.4) is 0 Å². The van der Waals surface area contributed by atoms with Gasteiger partial charge in [0.05, 0.1) is 5.52 Å². The van der Waals surface area contributed by atoms with Gasteiger partial charge in [0, 0.05) is 11.5 Å². The number of hydrogen-bond donors (Lipinski definition) is 2. The van der Waals surface area contributed by atoms with Crippen LogP contribution in [0.1, 0.15) is 26.3 Å². The highest BCUT2D eigenvalue weighted by Crippen LogP contribution is 2.27. The maximum Gasteiger partial charge on any atom is 0.296 e. The fraction of sp³-hybridized carbons (Fsp3) is 0.286. The molecule has 1 aromatic heterocycles. The van der Waals surface area contributed by atoms with Crippen molar-refractivity contribution in [3.63, 3.8) is 0 Å². The van der Waals surface area contributed by atoms with Crippen LogP contribution < -0.4 is 11.0 Å². The van der Waals surface area contributed by atoms with Crippen LogP contribution in [0.4, 0.5) is 0 Å². The monoisotopic (exact) mass is 245 g/mol. The Morgan fingerprint density at radius 1 is 1.11 bits per heavy atom. The summed E-state index contributed by atoms with van der Waals surface area (Å²) in [4.78, 5) is 25.3. The summed E-state index contributed by atoms with van der Waals surface area (Å²) in [5.74, 6) is -0.186. The highest BCUT2D eigenvalue weighted by Gasteiger charge is 2.14. The molecule has 0 unspecified atom stereocenters. The molecular weight excluding hydrogens is 230 g/mol. The van der Waals surface area contributed by atoms with E-state index in [-0.39, 0.29) is 11.2 Å². The smallest absolute Gasteiger partial charge is 0.296 e. The lowest BCUT2D eigenvalue weighted by molar-refractivity contribution is 0.481. The van der Waals surface area contributed by atoms with Crippen molar-refractivity contribution in [2.45, 2.75) is 26.2 Å². The maximum absolute atomic E-state index is 11.5. The molecule has 18 heavy (non-hydrogen) atoms. The van der Waals surface area contributed by atoms with Crippen LogP contribution in [0.5, 0.6) is 5.75 Å². The molecule has 0 amide bonds. The molecule has 2 N–H and O–H groups in total. The number of nitrogens with one attached hydrogen (secondary N) is 1. The zero-order valence-corrected chi connectivity index (χ0v) is 10.6. The summed E-state index contributed by atoms with van der Waals surface area (Å²) in [5, 5.41) is 10.2. The topological polar surface area (TPSA) is 70.2 Å². The fourth-order valence-corrected chi connectivity index (χ4v) is 1.79. The van der Waals surface area contributed by atoms with Crippen molar-refractivity contribution < 1.29 is 5.11 Å². The van der Waals surface area contributed by atoms with Crippen LogP contribution in [0.25, 0.3) is 10.9 Å². The number of aromatic nitrogens is 1. The van der Waals surface area contributed by atoms with Gasteiger partial charge in [0.15, 0.2) is 0 Å². The van der Waals surface area contributed by atoms with Crippen LogP contribution in [-0.4, -0.2) is 10.1 Å². The number of fused-ring (bicyclic) bond motifs is 1. The summed E-state index contributed by atoms with van der Waals surface area (Å²) in [6.07, 6.45) is 0. The number of aromatic amines is 1. The van der Waals surface area contributed by atoms with Crippen LogP contribution in [0.2, 0.25) is 0 Å². The first-order valence-corrected chi connectivity index (χ1v) is 5.70. The summed E-state index contributed by atoms with van der Waals surface area (Å²) >= 11 is 0. The Bertz CT molecular complexity index is 724. The zero-order chi connectivity index (χ0) is 13.5. The van der Waals surface area contributed by atoms with Gasteiger partial charge in [0.25, 0.3) is 5.56 Å². The van der Waals surface area contributed by atoms with Crippen LogP contribution in [0.15, 0.2) is 33.9 Å². The minimum Gasteiger partial charge on any atom is -0.507 e. The summed E-state index contributed by atoms with van der Waals surface area (Å²) in [7, 11) is 0. The zero-order valence-electron chi connectivity index (χ0n) is 10.6. The summed E-state index contributed by atoms with van der Waals surface area (Å²) in [5.41, 5.74) is -0.0711. The third kappa shape index (κ3) is 2.14. The van der Waals surface area contributed by atoms with Gasteiger partial charge in [0.1, 0.15) is 5.75 Å². The lowest BCUT2D eigenvalue weighted by atomic mass is 9.86. The third-order valence-corrected chi connectivity index (χ3v) is 2.90. The minimum atomic E-state index is -0.749. The van der Waals surface area contributed by atoms with Crippen molar-refractivity contribution in [2.24, 2.45) is 0 Å². The molecule has 94 valence electrons. The summed E-state index contributed by atoms with van der Waals surface area (Å²) < 4.78 is 0. The second kappa shape index (κ2) is 3.98. The number of rotatable bonds is 0. The van der Waals surface area contributed by atoms with Crippen molar-refractivity contribution in [3.05, 3.63) is 50.4 Å². The van der Waals surface area contributed by atoms with E-state index < -0.39 is 11.0 Å². The van der Waals surface area contributed by atoms with Gasteiger partial charge in [-0.2, -0.15) is 0 Å². The first-order chi connectivity index (χ1) is 8.29. The van der Waals surface area contributed by atoms with Gasteiger partial charge in [-0.1, -0.05) is 26.8 Å². The molecule has 2 aromatic rings. The second-order valence-electron chi connectivity index (χ2n) is 5.36. The molecule has 0 aliphatic heterocycles. The molecule has 0 aliphatic rings. The van der Waals surface area contributed by atoms with Gasteiger partial charge in [-0.3, -0.25) is 9.59 Å². The Morgan fingerprint density at radius 3 is 2.39 bits per heavy atom. The van der Waals surface area contributed by atoms with Crippen LogP contribution in [-0.2, 0) is 5.41 Å². The summed E-state index contributed by atoms with van der Waals surface area (Å²) in [6.45, 7) is 6.15. The first kappa shape index (κ1) is 12.4. The molecule has 0 aliphatic carbocycles. The molecule has 0 atom stereocenters. The number of aromatic hydroxyl groups is 1. The van der Waals surface area contributed by atoms with E-state index in [4.69, 9.17) is 0 Å². The van der Waals surface area contributed by atoms with E-state index in [1.807, 2.05) is 26.8 Å². The van der Waals surface area contributed by atoms with E-state index >= 15 is 0 Å². The molecule has 0 saturated carbocycles. The molecule has 0 fully saturated rings. The Hall–Kier alpha value is -2.10. The average Bonchev–Trinajstić information content (AvgIpc) is 2.36. The summed E-state index contributed by atoms with van der Waals surface area (Å²) in [6, 6.07) is 6.32. The highest BCUT2D eigenvalue weighted by molar-refractivity contribution is 5.84. The van der Waals surface area contributed by atoms with Gasteiger partial charge in [0.2, 0.25) is 5.43 Å². The molecular formula is C14H15NO3. The molecule has 0 saturated heterocycles. The molecule has 0 radical (unpaired) electrons. The fourth-order valence-electron chi connectivity index (χ4n) is 1.79. The molecule has 4 nitrogen and oxygen atoms in total. The van der Waals surface area contributed by atoms with E-state index in [0.29, 0.717) is 10.9 Å². The van der Waals surface area contributed by atoms with Crippen LogP contribution >= 0.6 is 0 Å². The third-order valence-electron chi connectivity index (χ3n) is 2.90. The predicted molar refractivity (Wildman–Crippen MR) is 71.2 cm³/mol. The van der Waals surface area contributed by atoms with Gasteiger partial charge in [-0.05, 0) is 23.1 Å². The minimum absolute atomic E-state index is 0.0740. The van der Waals surface area contributed by atoms with Crippen molar-refractivity contribution >= 4 is 10.9 Å². The lowest BCUT2D eigenvalue weighted by Crippen LogP contribution is -2.22. The Kier molecular flexibility index (Phi) is 2.73. The SMILES string of the molecule is CC(C)(C)c1ccc2c(O)cc(=O)c(=O)[nH]c2c1. The van der Waals surface area contributed by atoms with Crippen molar-refractivity contribution in [1.29, 1.82) is 0 Å². The Balaban J connectivity index is 2.92. The number of hydrogen-bond acceptors (Lipinski definition) is 3. The Labute approximate surface area is 104 Å². The first-order valence-electron chi connectivity index (χ1n) is 5.70. The van der Waals surface area contributed by atoms with Gasteiger partial charge < -0.3 is 10.1 Å². The maximum atomic E-state index is 11.5. The van der Waals surface area contributed by atoms with Gasteiger partial charge in [-0.25, -0.2) is 0 Å². The molecule has 0 bridgehead atoms. The van der Waals surface area contributed by atoms with E-state index in [2.05, 4.69) is 4.98 Å². The van der Waals surface area contributed by atoms with E-state index in [9.17, 15) is 14.7 Å². The quantitative estimate of drug-likeness (QED) is 0.696. The van der Waals surface area contributed by atoms with Gasteiger partial charge >= 0.3 is 0 Å². The van der Waals surface area contributed by atoms with E-state index in [1.54, 1.807) is 12.1 Å². The van der Waals surface area contributed by atoms with Crippen LogP contribution in [0, 0.1) is 0 Å². The molecule has 0 spiro atoms. The van der Waals surface area contributed by atoms with Crippen molar-refractivity contribution in [3.8, 4) is 5.75 Å². The normalized spacial score (nSPS) is 11.7. The lowest BCUT2D eigenvalue weighted by Gasteiger charge is -2.19. The number of H-pyrrole nitrogens is 1. The van der Waals surface area contributed by atoms with E-state index in [1.165, 1.54) is 0 Å². The van der Waals surface area contributed by atoms with Crippen molar-refractivity contribution in [1.82, 2.24) is 4.98 Å². The van der Waals surface area contributed by atoms with Gasteiger partial charge in [-0.15, -0.1) is 0 Å². The molecule has 2 rings (SSSR count). The number of benzene rings is 1. The largest absolute Gasteiger partial charge is 0.507 e. The standard InChI is InChI=1S/C14H15NO3/c1-14(2,3)8-4-5-9-10(6-8)15-13(18)12(17)7-11(9)16/h4-7,16H,1-3H3,(H,15,17,18). The average molecular weight is 245 g/mol. The molecule has 4 heteroatoms.